The molecule has 0 aromatic heterocycles. The lowest BCUT2D eigenvalue weighted by molar-refractivity contribution is 0.0143. The summed E-state index contributed by atoms with van der Waals surface area (Å²) in [6, 6.07) is 1.10. The van der Waals surface area contributed by atoms with Crippen LogP contribution in [0.3, 0.4) is 0 Å². The van der Waals surface area contributed by atoms with Crippen LogP contribution in [0.5, 0.6) is 0 Å². The molecule has 1 aliphatic carbocycles. The zero-order valence-corrected chi connectivity index (χ0v) is 20.4. The maximum atomic E-state index is 5.53. The van der Waals surface area contributed by atoms with E-state index in [1.54, 1.807) is 0 Å². The first-order chi connectivity index (χ1) is 12.5. The van der Waals surface area contributed by atoms with Gasteiger partial charge in [0.05, 0.1) is 19.8 Å². The van der Waals surface area contributed by atoms with Gasteiger partial charge in [-0.25, -0.2) is 0 Å². The van der Waals surface area contributed by atoms with E-state index in [0.717, 1.165) is 57.8 Å². The largest absolute Gasteiger partial charge is 0.379 e. The third-order valence-corrected chi connectivity index (χ3v) is 5.42. The predicted molar refractivity (Wildman–Crippen MR) is 125 cm³/mol. The van der Waals surface area contributed by atoms with Gasteiger partial charge in [-0.15, -0.1) is 24.0 Å². The van der Waals surface area contributed by atoms with Gasteiger partial charge in [-0.2, -0.15) is 0 Å². The number of aliphatic imine (C=N–C) groups is 1. The molecule has 2 atom stereocenters. The Morgan fingerprint density at radius 2 is 1.85 bits per heavy atom. The van der Waals surface area contributed by atoms with Crippen LogP contribution in [-0.4, -0.2) is 87.9 Å². The molecule has 0 spiro atoms. The lowest BCUT2D eigenvalue weighted by atomic mass is 10.0. The fourth-order valence-electron chi connectivity index (χ4n) is 3.82. The first-order valence-electron chi connectivity index (χ1n) is 10.5. The van der Waals surface area contributed by atoms with Crippen LogP contribution < -0.4 is 10.6 Å². The van der Waals surface area contributed by atoms with Crippen LogP contribution in [-0.2, 0) is 4.74 Å². The molecule has 2 rings (SSSR count). The third kappa shape index (κ3) is 9.28. The monoisotopic (exact) mass is 495 g/mol. The van der Waals surface area contributed by atoms with E-state index in [2.05, 4.69) is 55.3 Å². The van der Waals surface area contributed by atoms with Gasteiger partial charge >= 0.3 is 0 Å². The van der Waals surface area contributed by atoms with Crippen molar-refractivity contribution in [1.82, 2.24) is 20.4 Å². The molecular formula is C20H42IN5O. The molecule has 6 nitrogen and oxygen atoms in total. The van der Waals surface area contributed by atoms with Crippen molar-refractivity contribution in [2.75, 3.05) is 60.0 Å². The summed E-state index contributed by atoms with van der Waals surface area (Å²) in [6.45, 7) is 13.2. The second-order valence-corrected chi connectivity index (χ2v) is 8.40. The highest BCUT2D eigenvalue weighted by Crippen LogP contribution is 2.34. The van der Waals surface area contributed by atoms with Gasteiger partial charge in [0.1, 0.15) is 0 Å². The molecule has 0 aromatic carbocycles. The second-order valence-electron chi connectivity index (χ2n) is 8.40. The highest BCUT2D eigenvalue weighted by Gasteiger charge is 2.32. The van der Waals surface area contributed by atoms with Gasteiger partial charge in [-0.3, -0.25) is 9.89 Å². The van der Waals surface area contributed by atoms with E-state index in [1.807, 2.05) is 0 Å². The minimum absolute atomic E-state index is 0. The predicted octanol–water partition coefficient (Wildman–Crippen LogP) is 2.25. The van der Waals surface area contributed by atoms with E-state index in [9.17, 15) is 0 Å². The van der Waals surface area contributed by atoms with Crippen LogP contribution in [0.2, 0.25) is 0 Å². The minimum Gasteiger partial charge on any atom is -0.379 e. The quantitative estimate of drug-likeness (QED) is 0.277. The van der Waals surface area contributed by atoms with Gasteiger partial charge in [-0.1, -0.05) is 13.8 Å². The molecule has 1 aliphatic heterocycles. The van der Waals surface area contributed by atoms with Crippen molar-refractivity contribution in [2.45, 2.75) is 52.1 Å². The second kappa shape index (κ2) is 13.2. The Morgan fingerprint density at radius 3 is 2.37 bits per heavy atom. The Labute approximate surface area is 183 Å². The van der Waals surface area contributed by atoms with Gasteiger partial charge in [0.25, 0.3) is 0 Å². The SMILES string of the molecule is CCNC(=NCC(CC(C)C)N1CCOCC1)NCC(C1CC1)N(C)C.I. The molecule has 2 unspecified atom stereocenters. The summed E-state index contributed by atoms with van der Waals surface area (Å²) in [5.41, 5.74) is 0. The highest BCUT2D eigenvalue weighted by molar-refractivity contribution is 14.0. The number of halogens is 1. The lowest BCUT2D eigenvalue weighted by Crippen LogP contribution is -2.48. The lowest BCUT2D eigenvalue weighted by Gasteiger charge is -2.34. The molecular weight excluding hydrogens is 453 g/mol. The highest BCUT2D eigenvalue weighted by atomic mass is 127. The van der Waals surface area contributed by atoms with Crippen LogP contribution in [0.1, 0.15) is 40.0 Å². The fourth-order valence-corrected chi connectivity index (χ4v) is 3.82. The van der Waals surface area contributed by atoms with Gasteiger partial charge in [0, 0.05) is 38.3 Å². The maximum absolute atomic E-state index is 5.53. The Balaban J connectivity index is 0.00000364. The number of likely N-dealkylation sites (N-methyl/N-ethyl adjacent to an activating group) is 1. The summed E-state index contributed by atoms with van der Waals surface area (Å²) in [5.74, 6) is 2.49. The molecule has 1 saturated carbocycles. The van der Waals surface area contributed by atoms with Crippen LogP contribution >= 0.6 is 24.0 Å². The number of guanidine groups is 1. The number of nitrogens with zero attached hydrogens (tertiary/aromatic N) is 3. The summed E-state index contributed by atoms with van der Waals surface area (Å²) < 4.78 is 5.53. The number of ether oxygens (including phenoxy) is 1. The Morgan fingerprint density at radius 1 is 1.19 bits per heavy atom. The fraction of sp³-hybridized carbons (Fsp3) is 0.950. The van der Waals surface area contributed by atoms with Crippen LogP contribution in [0, 0.1) is 11.8 Å². The molecule has 0 amide bonds. The number of rotatable bonds is 10. The van der Waals surface area contributed by atoms with Crippen molar-refractivity contribution in [1.29, 1.82) is 0 Å². The van der Waals surface area contributed by atoms with Crippen molar-refractivity contribution in [3.63, 3.8) is 0 Å². The Bertz CT molecular complexity index is 421. The number of morpholine rings is 1. The van der Waals surface area contributed by atoms with Gasteiger partial charge in [-0.05, 0) is 52.1 Å². The van der Waals surface area contributed by atoms with E-state index in [4.69, 9.17) is 9.73 Å². The summed E-state index contributed by atoms with van der Waals surface area (Å²) in [7, 11) is 4.37. The molecule has 0 aromatic rings. The van der Waals surface area contributed by atoms with Crippen LogP contribution in [0.25, 0.3) is 0 Å². The number of nitrogens with one attached hydrogen (secondary N) is 2. The smallest absolute Gasteiger partial charge is 0.191 e. The molecule has 2 N–H and O–H groups in total. The average molecular weight is 495 g/mol. The first kappa shape index (κ1) is 24.9. The van der Waals surface area contributed by atoms with Crippen LogP contribution in [0.15, 0.2) is 4.99 Å². The topological polar surface area (TPSA) is 52.1 Å². The maximum Gasteiger partial charge on any atom is 0.191 e. The summed E-state index contributed by atoms with van der Waals surface area (Å²) in [5, 5.41) is 7.01. The first-order valence-corrected chi connectivity index (χ1v) is 10.5. The van der Waals surface area contributed by atoms with Gasteiger partial charge in [0.15, 0.2) is 5.96 Å². The van der Waals surface area contributed by atoms with Crippen molar-refractivity contribution in [3.05, 3.63) is 0 Å². The van der Waals surface area contributed by atoms with Gasteiger partial charge < -0.3 is 20.3 Å². The van der Waals surface area contributed by atoms with Crippen LogP contribution in [0.4, 0.5) is 0 Å². The zero-order valence-electron chi connectivity index (χ0n) is 18.0. The molecule has 160 valence electrons. The van der Waals surface area contributed by atoms with E-state index in [0.29, 0.717) is 18.0 Å². The van der Waals surface area contributed by atoms with Crippen molar-refractivity contribution in [3.8, 4) is 0 Å². The third-order valence-electron chi connectivity index (χ3n) is 5.42. The normalized spacial score (nSPS) is 21.1. The summed E-state index contributed by atoms with van der Waals surface area (Å²) >= 11 is 0. The van der Waals surface area contributed by atoms with Crippen molar-refractivity contribution >= 4 is 29.9 Å². The number of hydrogen-bond donors (Lipinski definition) is 2. The van der Waals surface area contributed by atoms with E-state index >= 15 is 0 Å². The van der Waals surface area contributed by atoms with Gasteiger partial charge in [0.2, 0.25) is 0 Å². The van der Waals surface area contributed by atoms with Crippen molar-refractivity contribution < 1.29 is 4.74 Å². The molecule has 0 bridgehead atoms. The molecule has 2 aliphatic rings. The molecule has 2 fully saturated rings. The Kier molecular flexibility index (Phi) is 12.2. The molecule has 0 radical (unpaired) electrons. The van der Waals surface area contributed by atoms with E-state index in [-0.39, 0.29) is 24.0 Å². The average Bonchev–Trinajstić information content (AvgIpc) is 3.43. The Hall–Kier alpha value is -0.120. The molecule has 7 heteroatoms. The zero-order chi connectivity index (χ0) is 18.9. The standard InChI is InChI=1S/C20H41N5O.HI/c1-6-21-20(23-15-19(24(4)5)17-7-8-17)22-14-18(13-16(2)3)25-9-11-26-12-10-25;/h16-19H,6-15H2,1-5H3,(H2,21,22,23);1H. The van der Waals surface area contributed by atoms with E-state index in [1.165, 1.54) is 19.3 Å². The molecule has 27 heavy (non-hydrogen) atoms. The summed E-state index contributed by atoms with van der Waals surface area (Å²) in [6.07, 6.45) is 3.92. The molecule has 1 heterocycles. The number of hydrogen-bond acceptors (Lipinski definition) is 4. The van der Waals surface area contributed by atoms with Crippen molar-refractivity contribution in [2.24, 2.45) is 16.8 Å². The molecule has 1 saturated heterocycles. The summed E-state index contributed by atoms with van der Waals surface area (Å²) in [4.78, 5) is 9.86. The van der Waals surface area contributed by atoms with E-state index < -0.39 is 0 Å². The minimum atomic E-state index is 0.